The van der Waals surface area contributed by atoms with E-state index >= 15 is 0 Å². The zero-order chi connectivity index (χ0) is 20.7. The summed E-state index contributed by atoms with van der Waals surface area (Å²) in [5.41, 5.74) is 7.94. The molecule has 158 valence electrons. The smallest absolute Gasteiger partial charge is 0.243 e. The van der Waals surface area contributed by atoms with Gasteiger partial charge in [-0.2, -0.15) is 15.0 Å². The minimum absolute atomic E-state index is 0.0879. The van der Waals surface area contributed by atoms with E-state index in [2.05, 4.69) is 28.6 Å². The molecule has 2 aromatic heterocycles. The van der Waals surface area contributed by atoms with E-state index in [1.807, 2.05) is 24.3 Å². The molecule has 0 aliphatic carbocycles. The number of hydrogen-bond donors (Lipinski definition) is 1. The second-order valence-electron chi connectivity index (χ2n) is 7.64. The van der Waals surface area contributed by atoms with Gasteiger partial charge in [0, 0.05) is 19.6 Å². The predicted molar refractivity (Wildman–Crippen MR) is 114 cm³/mol. The number of nitrogens with two attached hydrogens (primary N) is 1. The van der Waals surface area contributed by atoms with Crippen LogP contribution >= 0.6 is 0 Å². The minimum Gasteiger partial charge on any atom is -0.378 e. The summed E-state index contributed by atoms with van der Waals surface area (Å²) in [5, 5.41) is 0. The quantitative estimate of drug-likeness (QED) is 0.682. The molecule has 30 heavy (non-hydrogen) atoms. The van der Waals surface area contributed by atoms with Gasteiger partial charge in [0.2, 0.25) is 23.8 Å². The molecule has 2 unspecified atom stereocenters. The van der Waals surface area contributed by atoms with Gasteiger partial charge in [0.25, 0.3) is 0 Å². The van der Waals surface area contributed by atoms with Crippen molar-refractivity contribution < 1.29 is 9.47 Å². The lowest BCUT2D eigenvalue weighted by Gasteiger charge is -2.38. The zero-order valence-corrected chi connectivity index (χ0v) is 17.2. The van der Waals surface area contributed by atoms with E-state index in [9.17, 15) is 0 Å². The Bertz CT molecular complexity index is 1050. The Morgan fingerprint density at radius 3 is 2.47 bits per heavy atom. The van der Waals surface area contributed by atoms with Crippen molar-refractivity contribution in [3.8, 4) is 5.95 Å². The van der Waals surface area contributed by atoms with Crippen molar-refractivity contribution >= 4 is 28.9 Å². The molecule has 0 radical (unpaired) electrons. The van der Waals surface area contributed by atoms with Crippen LogP contribution in [0.4, 0.5) is 17.8 Å². The Labute approximate surface area is 174 Å². The number of anilines is 3. The van der Waals surface area contributed by atoms with Crippen molar-refractivity contribution in [2.24, 2.45) is 0 Å². The van der Waals surface area contributed by atoms with Gasteiger partial charge in [-0.15, -0.1) is 0 Å². The first-order valence-corrected chi connectivity index (χ1v) is 10.3. The van der Waals surface area contributed by atoms with Gasteiger partial charge in [-0.3, -0.25) is 0 Å². The Morgan fingerprint density at radius 1 is 0.900 bits per heavy atom. The maximum atomic E-state index is 6.28. The third-order valence-corrected chi connectivity index (χ3v) is 5.82. The summed E-state index contributed by atoms with van der Waals surface area (Å²) in [5.74, 6) is 2.08. The van der Waals surface area contributed by atoms with Crippen LogP contribution < -0.4 is 15.5 Å². The average Bonchev–Trinajstić information content (AvgIpc) is 3.11. The highest BCUT2D eigenvalue weighted by molar-refractivity contribution is 5.80. The van der Waals surface area contributed by atoms with Crippen molar-refractivity contribution in [2.45, 2.75) is 26.0 Å². The Balaban J connectivity index is 1.65. The normalized spacial score (nSPS) is 22.6. The van der Waals surface area contributed by atoms with Gasteiger partial charge in [-0.1, -0.05) is 12.1 Å². The Morgan fingerprint density at radius 2 is 1.63 bits per heavy atom. The lowest BCUT2D eigenvalue weighted by atomic mass is 10.1. The number of benzene rings is 1. The highest BCUT2D eigenvalue weighted by atomic mass is 16.5. The van der Waals surface area contributed by atoms with Crippen LogP contribution in [-0.4, -0.2) is 76.1 Å². The summed E-state index contributed by atoms with van der Waals surface area (Å²) in [6.45, 7) is 8.32. The minimum atomic E-state index is 0.0879. The molecule has 2 saturated heterocycles. The third-order valence-electron chi connectivity index (χ3n) is 5.82. The van der Waals surface area contributed by atoms with Crippen LogP contribution in [0.1, 0.15) is 13.8 Å². The van der Waals surface area contributed by atoms with Crippen LogP contribution in [0.3, 0.4) is 0 Å². The van der Waals surface area contributed by atoms with E-state index in [1.54, 1.807) is 4.57 Å². The number of para-hydroxylation sites is 2. The fraction of sp³-hybridized carbons (Fsp3) is 0.500. The Kier molecular flexibility index (Phi) is 4.87. The van der Waals surface area contributed by atoms with Gasteiger partial charge >= 0.3 is 0 Å². The summed E-state index contributed by atoms with van der Waals surface area (Å²) in [6, 6.07) is 7.93. The molecule has 10 nitrogen and oxygen atoms in total. The summed E-state index contributed by atoms with van der Waals surface area (Å²) >= 11 is 0. The van der Waals surface area contributed by atoms with Crippen molar-refractivity contribution in [1.29, 1.82) is 0 Å². The van der Waals surface area contributed by atoms with Crippen molar-refractivity contribution in [1.82, 2.24) is 24.5 Å². The van der Waals surface area contributed by atoms with E-state index in [-0.39, 0.29) is 12.1 Å². The highest BCUT2D eigenvalue weighted by Gasteiger charge is 2.29. The molecule has 0 amide bonds. The van der Waals surface area contributed by atoms with E-state index < -0.39 is 0 Å². The molecule has 2 atom stereocenters. The lowest BCUT2D eigenvalue weighted by molar-refractivity contribution is 0.0277. The molecule has 5 rings (SSSR count). The molecular formula is C20H26N8O2. The van der Waals surface area contributed by atoms with E-state index in [4.69, 9.17) is 30.2 Å². The first-order chi connectivity index (χ1) is 14.6. The van der Waals surface area contributed by atoms with Crippen molar-refractivity contribution in [3.63, 3.8) is 0 Å². The largest absolute Gasteiger partial charge is 0.378 e. The monoisotopic (exact) mass is 410 g/mol. The molecule has 1 aromatic carbocycles. The second-order valence-corrected chi connectivity index (χ2v) is 7.64. The molecule has 2 N–H and O–H groups in total. The van der Waals surface area contributed by atoms with E-state index in [1.165, 1.54) is 0 Å². The molecule has 0 bridgehead atoms. The fourth-order valence-corrected chi connectivity index (χ4v) is 3.95. The lowest BCUT2D eigenvalue weighted by Crippen LogP contribution is -2.49. The SMILES string of the molecule is CC1OCCN(c2nc(N3CCOCC3)nc(-n3c(N)nc4ccccc43)n2)C1C. The van der Waals surface area contributed by atoms with E-state index in [0.29, 0.717) is 43.6 Å². The van der Waals surface area contributed by atoms with Crippen molar-refractivity contribution in [3.05, 3.63) is 24.3 Å². The topological polar surface area (TPSA) is 107 Å². The predicted octanol–water partition coefficient (Wildman–Crippen LogP) is 1.24. The van der Waals surface area contributed by atoms with Crippen LogP contribution in [-0.2, 0) is 9.47 Å². The molecule has 2 aliphatic rings. The molecule has 2 aliphatic heterocycles. The number of aromatic nitrogens is 5. The van der Waals surface area contributed by atoms with Gasteiger partial charge in [-0.05, 0) is 26.0 Å². The highest BCUT2D eigenvalue weighted by Crippen LogP contribution is 2.26. The van der Waals surface area contributed by atoms with Crippen molar-refractivity contribution in [2.75, 3.05) is 55.0 Å². The van der Waals surface area contributed by atoms with Gasteiger partial charge < -0.3 is 25.0 Å². The molecule has 2 fully saturated rings. The third kappa shape index (κ3) is 3.31. The van der Waals surface area contributed by atoms with Gasteiger partial charge in [0.1, 0.15) is 0 Å². The summed E-state index contributed by atoms with van der Waals surface area (Å²) in [7, 11) is 0. The number of morpholine rings is 2. The van der Waals surface area contributed by atoms with Crippen LogP contribution in [0.25, 0.3) is 17.0 Å². The van der Waals surface area contributed by atoms with Crippen LogP contribution in [0.2, 0.25) is 0 Å². The van der Waals surface area contributed by atoms with Crippen LogP contribution in [0.5, 0.6) is 0 Å². The number of fused-ring (bicyclic) bond motifs is 1. The summed E-state index contributed by atoms with van der Waals surface area (Å²) < 4.78 is 13.1. The van der Waals surface area contributed by atoms with Gasteiger partial charge in [0.05, 0.1) is 43.0 Å². The molecule has 0 spiro atoms. The Hall–Kier alpha value is -2.98. The zero-order valence-electron chi connectivity index (χ0n) is 17.2. The first kappa shape index (κ1) is 19.0. The number of hydrogen-bond acceptors (Lipinski definition) is 9. The van der Waals surface area contributed by atoms with Crippen LogP contribution in [0.15, 0.2) is 24.3 Å². The number of nitrogens with zero attached hydrogens (tertiary/aromatic N) is 7. The fourth-order valence-electron chi connectivity index (χ4n) is 3.95. The maximum absolute atomic E-state index is 6.28. The van der Waals surface area contributed by atoms with Crippen LogP contribution in [0, 0.1) is 0 Å². The maximum Gasteiger partial charge on any atom is 0.243 e. The van der Waals surface area contributed by atoms with Gasteiger partial charge in [-0.25, -0.2) is 9.55 Å². The number of nitrogen functional groups attached to an aromatic ring is 1. The second kappa shape index (κ2) is 7.69. The van der Waals surface area contributed by atoms with Gasteiger partial charge in [0.15, 0.2) is 0 Å². The molecule has 4 heterocycles. The standard InChI is InChI=1S/C20H26N8O2/c1-13-14(2)30-12-9-27(13)19-23-18(26-7-10-29-11-8-26)24-20(25-19)28-16-6-4-3-5-15(16)22-17(28)21/h3-6,13-14H,7-12H2,1-2H3,(H2,21,22). The first-order valence-electron chi connectivity index (χ1n) is 10.3. The molecule has 0 saturated carbocycles. The number of rotatable bonds is 3. The van der Waals surface area contributed by atoms with E-state index in [0.717, 1.165) is 30.7 Å². The number of ether oxygens (including phenoxy) is 2. The summed E-state index contributed by atoms with van der Waals surface area (Å²) in [6.07, 6.45) is 0.0879. The number of imidazole rings is 1. The average molecular weight is 410 g/mol. The molecule has 3 aromatic rings. The molecule has 10 heteroatoms. The molecular weight excluding hydrogens is 384 g/mol. The summed E-state index contributed by atoms with van der Waals surface area (Å²) in [4.78, 5) is 23.2.